The number of hydrogen-bond donors (Lipinski definition) is 2. The maximum absolute atomic E-state index is 7.00. The Hall–Kier alpha value is -5.35. The van der Waals surface area contributed by atoms with E-state index in [1.165, 1.54) is 67.3 Å². The van der Waals surface area contributed by atoms with Crippen LogP contribution in [0, 0.1) is 0 Å². The van der Waals surface area contributed by atoms with Crippen LogP contribution in [0.2, 0.25) is 0 Å². The molecule has 84 heavy (non-hydrogen) atoms. The zero-order chi connectivity index (χ0) is 62.0. The van der Waals surface area contributed by atoms with Crippen LogP contribution in [0.3, 0.4) is 0 Å². The molecular formula is C72H105Mg2N8O2+3. The van der Waals surface area contributed by atoms with Gasteiger partial charge in [-0.1, -0.05) is 220 Å². The quantitative estimate of drug-likeness (QED) is 0.0382. The van der Waals surface area contributed by atoms with E-state index < -0.39 is 0 Å². The molecule has 0 saturated carbocycles. The van der Waals surface area contributed by atoms with E-state index in [9.17, 15) is 0 Å². The number of H-pyrrole nitrogens is 1. The van der Waals surface area contributed by atoms with Crippen molar-refractivity contribution in [1.82, 2.24) is 4.98 Å². The molecule has 0 bridgehead atoms. The molecule has 446 valence electrons. The van der Waals surface area contributed by atoms with Crippen LogP contribution in [0.5, 0.6) is 0 Å². The maximum Gasteiger partial charge on any atom is 2.00 e. The van der Waals surface area contributed by atoms with Crippen molar-refractivity contribution in [2.24, 2.45) is 0 Å². The summed E-state index contributed by atoms with van der Waals surface area (Å²) in [4.78, 5) is 18.4. The normalized spacial score (nSPS) is 11.7. The third kappa shape index (κ3) is 25.7. The van der Waals surface area contributed by atoms with Gasteiger partial charge in [0.25, 0.3) is 0 Å². The summed E-state index contributed by atoms with van der Waals surface area (Å²) in [7, 11) is 8.06. The molecule has 0 amide bonds. The summed E-state index contributed by atoms with van der Waals surface area (Å²) in [5.74, 6) is 3.65. The molecule has 0 spiro atoms. The number of anilines is 2. The Morgan fingerprint density at radius 2 is 0.643 bits per heavy atom. The molecular weight excluding hydrogens is 1060 g/mol. The van der Waals surface area contributed by atoms with E-state index in [1.807, 2.05) is 69.7 Å². The van der Waals surface area contributed by atoms with E-state index in [2.05, 4.69) is 248 Å². The van der Waals surface area contributed by atoms with Crippen molar-refractivity contribution in [2.45, 2.75) is 186 Å². The van der Waals surface area contributed by atoms with Gasteiger partial charge in [-0.3, -0.25) is 4.98 Å². The van der Waals surface area contributed by atoms with E-state index in [4.69, 9.17) is 21.1 Å². The van der Waals surface area contributed by atoms with Crippen molar-refractivity contribution >= 4 is 91.7 Å². The number of benzene rings is 4. The van der Waals surface area contributed by atoms with Crippen LogP contribution in [0.15, 0.2) is 145 Å². The van der Waals surface area contributed by atoms with Gasteiger partial charge in [0.15, 0.2) is 23.8 Å². The summed E-state index contributed by atoms with van der Waals surface area (Å²) < 4.78 is 0. The van der Waals surface area contributed by atoms with Crippen molar-refractivity contribution in [3.63, 3.8) is 0 Å². The average Bonchev–Trinajstić information content (AvgIpc) is 3.55. The van der Waals surface area contributed by atoms with Crippen molar-refractivity contribution in [3.05, 3.63) is 201 Å². The van der Waals surface area contributed by atoms with Gasteiger partial charge >= 0.3 is 46.1 Å². The molecule has 0 atom stereocenters. The molecule has 0 aliphatic carbocycles. The fourth-order valence-corrected chi connectivity index (χ4v) is 9.50. The maximum atomic E-state index is 7.00. The summed E-state index contributed by atoms with van der Waals surface area (Å²) in [5.41, 5.74) is 22.2. The first kappa shape index (κ1) is 78.7. The third-order valence-corrected chi connectivity index (χ3v) is 13.9. The van der Waals surface area contributed by atoms with Gasteiger partial charge in [0.05, 0.1) is 0 Å². The van der Waals surface area contributed by atoms with Crippen molar-refractivity contribution < 1.29 is 25.5 Å². The van der Waals surface area contributed by atoms with Gasteiger partial charge in [-0.15, -0.1) is 11.4 Å². The predicted octanol–water partition coefficient (Wildman–Crippen LogP) is 14.5. The van der Waals surface area contributed by atoms with E-state index >= 15 is 0 Å². The minimum Gasteiger partial charge on any atom is -1.00 e. The molecule has 0 fully saturated rings. The molecule has 0 aliphatic rings. The number of nitrogens with one attached hydrogen (secondary N) is 3. The molecule has 2 aromatic heterocycles. The number of nitrogens with zero attached hydrogens (tertiary/aromatic N) is 5. The number of allylic oxidation sites excluding steroid dienone is 4. The second-order valence-electron chi connectivity index (χ2n) is 24.1. The van der Waals surface area contributed by atoms with Crippen molar-refractivity contribution in [2.75, 3.05) is 38.0 Å². The Morgan fingerprint density at radius 3 is 0.857 bits per heavy atom. The SMILES string of the molecule is CC(/C=C(/C)[N-]c1c(C(C)C)cccc1C(C)C)=[NH+]c1c(C(C)C)cccc1C(C)C.CC(/C=C(/C)[N-]c1c(C(C)C)cccc1C(C)C)=[NH+]c1c(C(C)C)cccc1C(C)C.CN(C)c1cc[nH+]cc1.CN(C)c1ccncc1.[Mg+2].[Mg+2].[O-][O-]. The molecule has 0 radical (unpaired) electrons. The predicted molar refractivity (Wildman–Crippen MR) is 362 cm³/mol. The number of rotatable bonds is 18. The fraction of sp³-hybridized carbons (Fsp3) is 0.444. The molecule has 10 nitrogen and oxygen atoms in total. The van der Waals surface area contributed by atoms with Crippen LogP contribution in [-0.4, -0.2) is 90.7 Å². The molecule has 3 N–H and O–H groups in total. The van der Waals surface area contributed by atoms with Gasteiger partial charge in [0.2, 0.25) is 11.4 Å². The van der Waals surface area contributed by atoms with Gasteiger partial charge < -0.3 is 30.9 Å². The largest absolute Gasteiger partial charge is 2.00 e. The van der Waals surface area contributed by atoms with Gasteiger partial charge in [-0.25, -0.2) is 15.0 Å². The molecule has 6 rings (SSSR count). The Balaban J connectivity index is 0.00000121. The van der Waals surface area contributed by atoms with Gasteiger partial charge in [0, 0.05) is 100 Å². The van der Waals surface area contributed by atoms with Crippen molar-refractivity contribution in [1.29, 1.82) is 0 Å². The van der Waals surface area contributed by atoms with E-state index in [0.29, 0.717) is 47.3 Å². The third-order valence-electron chi connectivity index (χ3n) is 13.9. The van der Waals surface area contributed by atoms with Gasteiger partial charge in [-0.05, 0) is 71.6 Å². The van der Waals surface area contributed by atoms with E-state index in [0.717, 1.165) is 34.2 Å². The van der Waals surface area contributed by atoms with E-state index in [-0.39, 0.29) is 46.1 Å². The average molecular weight is 1160 g/mol. The van der Waals surface area contributed by atoms with Gasteiger partial charge in [-0.2, -0.15) is 11.4 Å². The molecule has 4 aromatic carbocycles. The summed E-state index contributed by atoms with van der Waals surface area (Å²) in [5, 5.41) is 24.2. The Morgan fingerprint density at radius 1 is 0.405 bits per heavy atom. The van der Waals surface area contributed by atoms with Crippen LogP contribution in [0.25, 0.3) is 10.6 Å². The number of hydrogen-bond acceptors (Lipinski definition) is 5. The summed E-state index contributed by atoms with van der Waals surface area (Å²) >= 11 is 0. The fourth-order valence-electron chi connectivity index (χ4n) is 9.50. The minimum absolute atomic E-state index is 0. The molecule has 0 saturated heterocycles. The zero-order valence-corrected chi connectivity index (χ0v) is 59.1. The summed E-state index contributed by atoms with van der Waals surface area (Å²) in [6.45, 7) is 44.5. The Bertz CT molecular complexity index is 2650. The molecule has 12 heteroatoms. The van der Waals surface area contributed by atoms with E-state index in [1.54, 1.807) is 12.4 Å². The van der Waals surface area contributed by atoms with Crippen LogP contribution in [0.1, 0.15) is 230 Å². The molecule has 0 aliphatic heterocycles. The molecule has 6 aromatic rings. The summed E-state index contributed by atoms with van der Waals surface area (Å²) in [6, 6.07) is 34.5. The first-order valence-corrected chi connectivity index (χ1v) is 29.6. The standard InChI is InChI=1S/2C29H41N2.2C7H10N2.2Mg.O2/c2*1-18(2)24-13-11-14-25(19(3)4)28(24)30-22(9)17-23(10)31-29-26(20(5)6)15-12-16-27(29)21(7)8;2*1-9(2)7-3-5-8-6-4-7;;;1-2/h2*11-21H,1-10H3;2*3-6H,1-2H3;;;/q2*-1;;;2*+2;-2/p+3/b2*22-17-,31-23?;;;;;. The van der Waals surface area contributed by atoms with Crippen LogP contribution < -0.4 is 35.3 Å². The second kappa shape index (κ2) is 40.1. The number of para-hydroxylation sites is 4. The Labute approximate surface area is 542 Å². The number of aromatic amines is 1. The molecule has 2 heterocycles. The number of aromatic nitrogens is 2. The first-order valence-electron chi connectivity index (χ1n) is 29.6. The topological polar surface area (TPSA) is 136 Å². The van der Waals surface area contributed by atoms with Crippen molar-refractivity contribution in [3.8, 4) is 0 Å². The van der Waals surface area contributed by atoms with Crippen LogP contribution >= 0.6 is 0 Å². The smallest absolute Gasteiger partial charge is 1.00 e. The number of pyridine rings is 2. The second-order valence-corrected chi connectivity index (χ2v) is 24.1. The van der Waals surface area contributed by atoms with Gasteiger partial charge in [0.1, 0.15) is 0 Å². The molecule has 0 unspecified atom stereocenters. The monoisotopic (exact) mass is 1160 g/mol. The Kier molecular flexibility index (Phi) is 37.6. The zero-order valence-electron chi connectivity index (χ0n) is 56.3. The minimum atomic E-state index is 0. The van der Waals surface area contributed by atoms with Crippen LogP contribution in [-0.2, 0) is 0 Å². The van der Waals surface area contributed by atoms with Crippen LogP contribution in [0.4, 0.5) is 34.1 Å². The first-order chi connectivity index (χ1) is 38.7. The summed E-state index contributed by atoms with van der Waals surface area (Å²) in [6.07, 6.45) is 11.7.